The SMILES string of the molecule is C=CC1=NC1. The highest BCUT2D eigenvalue weighted by Gasteiger charge is 2.00. The quantitative estimate of drug-likeness (QED) is 0.426. The van der Waals surface area contributed by atoms with Crippen molar-refractivity contribution in [1.29, 1.82) is 0 Å². The molecule has 1 heteroatoms. The van der Waals surface area contributed by atoms with Crippen LogP contribution in [0.2, 0.25) is 0 Å². The van der Waals surface area contributed by atoms with Gasteiger partial charge in [-0.05, 0) is 6.08 Å². The van der Waals surface area contributed by atoms with E-state index in [-0.39, 0.29) is 0 Å². The van der Waals surface area contributed by atoms with Crippen molar-refractivity contribution in [3.05, 3.63) is 12.7 Å². The summed E-state index contributed by atoms with van der Waals surface area (Å²) < 4.78 is 0. The Balaban J connectivity index is 2.49. The molecule has 0 spiro atoms. The van der Waals surface area contributed by atoms with Crippen molar-refractivity contribution in [2.45, 2.75) is 0 Å². The molecule has 0 N–H and O–H groups in total. The zero-order chi connectivity index (χ0) is 3.70. The number of nitrogens with zero attached hydrogens (tertiary/aromatic N) is 1. The summed E-state index contributed by atoms with van der Waals surface area (Å²) in [6, 6.07) is 0. The molecule has 0 saturated heterocycles. The fraction of sp³-hybridized carbons (Fsp3) is 0.250. The number of hydrogen-bond acceptors (Lipinski definition) is 1. The van der Waals surface area contributed by atoms with Gasteiger partial charge in [0.25, 0.3) is 0 Å². The molecule has 1 nitrogen and oxygen atoms in total. The Morgan fingerprint density at radius 1 is 2.00 bits per heavy atom. The van der Waals surface area contributed by atoms with E-state index in [1.54, 1.807) is 6.08 Å². The summed E-state index contributed by atoms with van der Waals surface area (Å²) in [7, 11) is 0. The topological polar surface area (TPSA) is 12.4 Å². The van der Waals surface area contributed by atoms with Crippen LogP contribution < -0.4 is 0 Å². The summed E-state index contributed by atoms with van der Waals surface area (Å²) in [6.07, 6.45) is 1.78. The third-order valence-corrected chi connectivity index (χ3v) is 0.576. The third-order valence-electron chi connectivity index (χ3n) is 0.576. The first-order chi connectivity index (χ1) is 2.43. The van der Waals surface area contributed by atoms with Crippen LogP contribution in [-0.2, 0) is 0 Å². The summed E-state index contributed by atoms with van der Waals surface area (Å²) >= 11 is 0. The van der Waals surface area contributed by atoms with E-state index in [1.807, 2.05) is 0 Å². The van der Waals surface area contributed by atoms with Crippen LogP contribution in [0.15, 0.2) is 17.6 Å². The van der Waals surface area contributed by atoms with E-state index in [4.69, 9.17) is 0 Å². The lowest BCUT2D eigenvalue weighted by Gasteiger charge is -1.50. The van der Waals surface area contributed by atoms with Gasteiger partial charge in [-0.3, -0.25) is 4.99 Å². The molecule has 26 valence electrons. The van der Waals surface area contributed by atoms with Gasteiger partial charge in [0, 0.05) is 0 Å². The van der Waals surface area contributed by atoms with Gasteiger partial charge in [-0.15, -0.1) is 0 Å². The van der Waals surface area contributed by atoms with Crippen molar-refractivity contribution in [1.82, 2.24) is 0 Å². The van der Waals surface area contributed by atoms with E-state index in [2.05, 4.69) is 11.6 Å². The Hall–Kier alpha value is -0.590. The Morgan fingerprint density at radius 3 is 2.60 bits per heavy atom. The van der Waals surface area contributed by atoms with Crippen LogP contribution in [0.3, 0.4) is 0 Å². The highest BCUT2D eigenvalue weighted by atomic mass is 14.9. The van der Waals surface area contributed by atoms with Gasteiger partial charge >= 0.3 is 0 Å². The van der Waals surface area contributed by atoms with Crippen molar-refractivity contribution < 1.29 is 0 Å². The molecule has 0 unspecified atom stereocenters. The average Bonchev–Trinajstić information content (AvgIpc) is 2.12. The van der Waals surface area contributed by atoms with Gasteiger partial charge in [0.1, 0.15) is 0 Å². The average molecular weight is 67.1 g/mol. The van der Waals surface area contributed by atoms with E-state index < -0.39 is 0 Å². The molecule has 0 fully saturated rings. The number of aliphatic imine (C=N–C) groups is 1. The first-order valence-electron chi connectivity index (χ1n) is 1.59. The van der Waals surface area contributed by atoms with Crippen LogP contribution >= 0.6 is 0 Å². The van der Waals surface area contributed by atoms with Crippen molar-refractivity contribution in [3.63, 3.8) is 0 Å². The predicted octanol–water partition coefficient (Wildman–Crippen LogP) is 0.627. The normalized spacial score (nSPS) is 17.2. The lowest BCUT2D eigenvalue weighted by atomic mass is 10.5. The summed E-state index contributed by atoms with van der Waals surface area (Å²) in [4.78, 5) is 3.82. The molecule has 5 heavy (non-hydrogen) atoms. The second kappa shape index (κ2) is 0.677. The minimum Gasteiger partial charge on any atom is -0.281 e. The molecule has 0 aromatic carbocycles. The van der Waals surface area contributed by atoms with Crippen molar-refractivity contribution in [3.8, 4) is 0 Å². The van der Waals surface area contributed by atoms with E-state index in [0.29, 0.717) is 0 Å². The largest absolute Gasteiger partial charge is 0.281 e. The molecule has 0 radical (unpaired) electrons. The Kier molecular flexibility index (Phi) is 0.357. The Morgan fingerprint density at radius 2 is 2.60 bits per heavy atom. The Labute approximate surface area is 31.0 Å². The maximum atomic E-state index is 3.82. The van der Waals surface area contributed by atoms with Gasteiger partial charge in [-0.25, -0.2) is 0 Å². The van der Waals surface area contributed by atoms with Gasteiger partial charge in [0.15, 0.2) is 0 Å². The summed E-state index contributed by atoms with van der Waals surface area (Å²) in [5.41, 5.74) is 1.14. The summed E-state index contributed by atoms with van der Waals surface area (Å²) in [6.45, 7) is 4.43. The minimum atomic E-state index is 0.934. The van der Waals surface area contributed by atoms with Crippen molar-refractivity contribution >= 4 is 5.71 Å². The molecule has 1 aliphatic heterocycles. The van der Waals surface area contributed by atoms with Crippen LogP contribution in [0.5, 0.6) is 0 Å². The Bertz CT molecular complexity index is 78.9. The van der Waals surface area contributed by atoms with Crippen LogP contribution in [0.25, 0.3) is 0 Å². The highest BCUT2D eigenvalue weighted by molar-refractivity contribution is 6.05. The molecule has 0 aliphatic carbocycles. The zero-order valence-electron chi connectivity index (χ0n) is 2.94. The number of rotatable bonds is 1. The van der Waals surface area contributed by atoms with E-state index in [1.165, 1.54) is 0 Å². The second-order valence-electron chi connectivity index (χ2n) is 1.01. The number of hydrogen-bond donors (Lipinski definition) is 0. The molecule has 0 atom stereocenters. The molecule has 0 aromatic heterocycles. The third kappa shape index (κ3) is 0.349. The molecule has 0 bridgehead atoms. The van der Waals surface area contributed by atoms with E-state index >= 15 is 0 Å². The van der Waals surface area contributed by atoms with E-state index in [9.17, 15) is 0 Å². The maximum absolute atomic E-state index is 3.82. The highest BCUT2D eigenvalue weighted by Crippen LogP contribution is 1.94. The van der Waals surface area contributed by atoms with Gasteiger partial charge in [-0.2, -0.15) is 0 Å². The smallest absolute Gasteiger partial charge is 0.0811 e. The predicted molar refractivity (Wildman–Crippen MR) is 22.5 cm³/mol. The zero-order valence-corrected chi connectivity index (χ0v) is 2.94. The van der Waals surface area contributed by atoms with Crippen LogP contribution in [0, 0.1) is 0 Å². The van der Waals surface area contributed by atoms with Crippen LogP contribution in [-0.4, -0.2) is 12.3 Å². The molecule has 1 aliphatic rings. The first kappa shape index (κ1) is 2.64. The molecule has 0 saturated carbocycles. The molecule has 1 rings (SSSR count). The van der Waals surface area contributed by atoms with Gasteiger partial charge in [0.2, 0.25) is 0 Å². The van der Waals surface area contributed by atoms with Gasteiger partial charge < -0.3 is 0 Å². The fourth-order valence-corrected chi connectivity index (χ4v) is 0.175. The standard InChI is InChI=1S/C4H5N/c1-2-4-3-5-4/h2H,1,3H2. The molecule has 1 heterocycles. The van der Waals surface area contributed by atoms with E-state index in [0.717, 1.165) is 12.3 Å². The minimum absolute atomic E-state index is 0.934. The maximum Gasteiger partial charge on any atom is 0.0811 e. The molecule has 0 aromatic rings. The fourth-order valence-electron chi connectivity index (χ4n) is 0.175. The monoisotopic (exact) mass is 67.0 g/mol. The molecule has 0 amide bonds. The van der Waals surface area contributed by atoms with Crippen molar-refractivity contribution in [2.24, 2.45) is 4.99 Å². The van der Waals surface area contributed by atoms with Gasteiger partial charge in [0.05, 0.1) is 12.3 Å². The van der Waals surface area contributed by atoms with Gasteiger partial charge in [-0.1, -0.05) is 6.58 Å². The second-order valence-corrected chi connectivity index (χ2v) is 1.01. The molecular weight excluding hydrogens is 62.1 g/mol. The lowest BCUT2D eigenvalue weighted by Crippen LogP contribution is -1.64. The summed E-state index contributed by atoms with van der Waals surface area (Å²) in [5.74, 6) is 0. The lowest BCUT2D eigenvalue weighted by molar-refractivity contribution is 1.57. The van der Waals surface area contributed by atoms with Crippen LogP contribution in [0.4, 0.5) is 0 Å². The summed E-state index contributed by atoms with van der Waals surface area (Å²) in [5, 5.41) is 0. The van der Waals surface area contributed by atoms with Crippen molar-refractivity contribution in [2.75, 3.05) is 6.54 Å². The van der Waals surface area contributed by atoms with Crippen LogP contribution in [0.1, 0.15) is 0 Å². The first-order valence-corrected chi connectivity index (χ1v) is 1.59. The molecular formula is C4H5N.